The zero-order valence-electron chi connectivity index (χ0n) is 14.9. The Hall–Kier alpha value is -0.885. The Kier molecular flexibility index (Phi) is 5.89. The van der Waals surface area contributed by atoms with Crippen molar-refractivity contribution in [2.45, 2.75) is 64.4 Å². The molecule has 23 heavy (non-hydrogen) atoms. The van der Waals surface area contributed by atoms with Crippen molar-refractivity contribution >= 4 is 13.3 Å². The van der Waals surface area contributed by atoms with Gasteiger partial charge in [-0.15, -0.1) is 0 Å². The fourth-order valence-corrected chi connectivity index (χ4v) is 2.51. The summed E-state index contributed by atoms with van der Waals surface area (Å²) in [4.78, 5) is 4.08. The summed E-state index contributed by atoms with van der Waals surface area (Å²) in [5.41, 5.74) is 6.66. The number of rotatable bonds is 5. The minimum Gasteiger partial charge on any atom is -0.400 e. The Morgan fingerprint density at radius 3 is 2.43 bits per heavy atom. The van der Waals surface area contributed by atoms with E-state index in [0.29, 0.717) is 11.2 Å². The van der Waals surface area contributed by atoms with Crippen LogP contribution in [0.4, 0.5) is 0 Å². The summed E-state index contributed by atoms with van der Waals surface area (Å²) in [5.74, 6) is 0. The van der Waals surface area contributed by atoms with Crippen molar-refractivity contribution in [3.05, 3.63) is 11.2 Å². The first-order valence-corrected chi connectivity index (χ1v) is 8.26. The first-order chi connectivity index (χ1) is 10.8. The summed E-state index contributed by atoms with van der Waals surface area (Å²) in [5, 5.41) is 0. The van der Waals surface area contributed by atoms with Gasteiger partial charge in [0.1, 0.15) is 0 Å². The lowest BCUT2D eigenvalue weighted by molar-refractivity contribution is -0.157. The highest BCUT2D eigenvalue weighted by Gasteiger charge is 2.52. The molecule has 0 aromatic heterocycles. The zero-order valence-corrected chi connectivity index (χ0v) is 14.9. The molecule has 1 unspecified atom stereocenters. The van der Waals surface area contributed by atoms with Gasteiger partial charge < -0.3 is 24.5 Å². The van der Waals surface area contributed by atoms with Crippen molar-refractivity contribution in [3.63, 3.8) is 0 Å². The molecular weight excluding hydrogens is 295 g/mol. The van der Waals surface area contributed by atoms with Crippen LogP contribution >= 0.6 is 0 Å². The third kappa shape index (κ3) is 4.35. The lowest BCUT2D eigenvalue weighted by atomic mass is 9.77. The van der Waals surface area contributed by atoms with Gasteiger partial charge in [-0.05, 0) is 47.0 Å². The number of allylic oxidation sites excluding steroid dienone is 1. The maximum Gasteiger partial charge on any atom is 0.498 e. The summed E-state index contributed by atoms with van der Waals surface area (Å²) in [6.07, 6.45) is 4.62. The van der Waals surface area contributed by atoms with E-state index >= 15 is 0 Å². The van der Waals surface area contributed by atoms with Crippen LogP contribution in [0, 0.1) is 0 Å². The predicted molar refractivity (Wildman–Crippen MR) is 91.3 cm³/mol. The largest absolute Gasteiger partial charge is 0.498 e. The van der Waals surface area contributed by atoms with Crippen LogP contribution in [-0.2, 0) is 18.8 Å². The second-order valence-corrected chi connectivity index (χ2v) is 7.06. The van der Waals surface area contributed by atoms with Gasteiger partial charge in [-0.25, -0.2) is 0 Å². The van der Waals surface area contributed by atoms with E-state index < -0.39 is 18.3 Å². The molecule has 2 aliphatic rings. The molecule has 2 rings (SSSR count). The predicted octanol–water partition coefficient (Wildman–Crippen LogP) is 2.07. The van der Waals surface area contributed by atoms with Crippen molar-refractivity contribution in [1.82, 2.24) is 0 Å². The molecule has 2 aliphatic heterocycles. The standard InChI is InChI=1S/C16H29BN2O4/c1-15(2)16(3,4)23-17(22-15)12(10-19-5)13(18)11-21-14-8-6-7-9-20-14/h10,14H,6-9,11,18H2,1-5H3. The van der Waals surface area contributed by atoms with Gasteiger partial charge in [0, 0.05) is 31.0 Å². The number of aliphatic imine (C=N–C) groups is 1. The van der Waals surface area contributed by atoms with Gasteiger partial charge in [0.15, 0.2) is 6.29 Å². The first kappa shape index (κ1) is 18.5. The fraction of sp³-hybridized carbons (Fsp3) is 0.812. The molecule has 0 bridgehead atoms. The van der Waals surface area contributed by atoms with Crippen molar-refractivity contribution in [2.24, 2.45) is 10.7 Å². The molecule has 2 N–H and O–H groups in total. The second kappa shape index (κ2) is 7.34. The molecule has 130 valence electrons. The van der Waals surface area contributed by atoms with Gasteiger partial charge in [0.05, 0.1) is 17.8 Å². The molecule has 1 atom stereocenters. The first-order valence-electron chi connectivity index (χ1n) is 8.26. The van der Waals surface area contributed by atoms with Crippen LogP contribution in [0.5, 0.6) is 0 Å². The van der Waals surface area contributed by atoms with Gasteiger partial charge in [-0.1, -0.05) is 0 Å². The number of nitrogens with zero attached hydrogens (tertiary/aromatic N) is 1. The third-order valence-corrected chi connectivity index (χ3v) is 4.71. The Bertz CT molecular complexity index is 455. The van der Waals surface area contributed by atoms with Crippen LogP contribution in [-0.4, -0.2) is 51.1 Å². The Labute approximate surface area is 139 Å². The molecule has 0 spiro atoms. The van der Waals surface area contributed by atoms with Crippen LogP contribution in [0.25, 0.3) is 0 Å². The van der Waals surface area contributed by atoms with E-state index in [1.807, 2.05) is 27.7 Å². The van der Waals surface area contributed by atoms with E-state index in [1.165, 1.54) is 0 Å². The van der Waals surface area contributed by atoms with Gasteiger partial charge in [-0.2, -0.15) is 0 Å². The molecule has 2 saturated heterocycles. The summed E-state index contributed by atoms with van der Waals surface area (Å²) in [6, 6.07) is 0. The minimum atomic E-state index is -0.542. The minimum absolute atomic E-state index is 0.180. The van der Waals surface area contributed by atoms with Crippen molar-refractivity contribution in [1.29, 1.82) is 0 Å². The van der Waals surface area contributed by atoms with Crippen molar-refractivity contribution in [3.8, 4) is 0 Å². The number of hydrogen-bond acceptors (Lipinski definition) is 6. The second-order valence-electron chi connectivity index (χ2n) is 7.06. The lowest BCUT2D eigenvalue weighted by Gasteiger charge is -2.32. The number of nitrogens with two attached hydrogens (primary N) is 1. The summed E-state index contributed by atoms with van der Waals surface area (Å²) in [7, 11) is 1.16. The van der Waals surface area contributed by atoms with E-state index in [2.05, 4.69) is 4.99 Å². The van der Waals surface area contributed by atoms with Crippen LogP contribution in [0.15, 0.2) is 16.2 Å². The Morgan fingerprint density at radius 2 is 1.91 bits per heavy atom. The molecule has 0 aromatic rings. The van der Waals surface area contributed by atoms with E-state index in [1.54, 1.807) is 13.3 Å². The van der Waals surface area contributed by atoms with Crippen LogP contribution in [0.2, 0.25) is 0 Å². The van der Waals surface area contributed by atoms with Crippen molar-refractivity contribution < 1.29 is 18.8 Å². The molecule has 2 fully saturated rings. The smallest absolute Gasteiger partial charge is 0.400 e. The topological polar surface area (TPSA) is 75.3 Å². The highest BCUT2D eigenvalue weighted by molar-refractivity contribution is 6.60. The quantitative estimate of drug-likeness (QED) is 0.619. The van der Waals surface area contributed by atoms with Crippen LogP contribution in [0.3, 0.4) is 0 Å². The highest BCUT2D eigenvalue weighted by atomic mass is 16.7. The summed E-state index contributed by atoms with van der Waals surface area (Å²) >= 11 is 0. The van der Waals surface area contributed by atoms with E-state index in [4.69, 9.17) is 24.5 Å². The normalized spacial score (nSPS) is 28.2. The number of ether oxygens (including phenoxy) is 2. The molecular formula is C16H29BN2O4. The van der Waals surface area contributed by atoms with Gasteiger partial charge in [-0.3, -0.25) is 4.99 Å². The number of hydrogen-bond donors (Lipinski definition) is 1. The third-order valence-electron chi connectivity index (χ3n) is 4.71. The molecule has 6 nitrogen and oxygen atoms in total. The average molecular weight is 324 g/mol. The van der Waals surface area contributed by atoms with Crippen LogP contribution in [0.1, 0.15) is 47.0 Å². The molecule has 0 amide bonds. The van der Waals surface area contributed by atoms with Crippen LogP contribution < -0.4 is 5.73 Å². The Balaban J connectivity index is 2.07. The van der Waals surface area contributed by atoms with E-state index in [-0.39, 0.29) is 12.9 Å². The highest BCUT2D eigenvalue weighted by Crippen LogP contribution is 2.38. The van der Waals surface area contributed by atoms with Gasteiger partial charge in [0.2, 0.25) is 0 Å². The zero-order chi connectivity index (χ0) is 17.1. The van der Waals surface area contributed by atoms with Gasteiger partial charge >= 0.3 is 7.12 Å². The van der Waals surface area contributed by atoms with Crippen molar-refractivity contribution in [2.75, 3.05) is 20.3 Å². The molecule has 0 aliphatic carbocycles. The summed E-state index contributed by atoms with van der Waals surface area (Å²) in [6.45, 7) is 9.06. The monoisotopic (exact) mass is 324 g/mol. The molecule has 0 saturated carbocycles. The maximum absolute atomic E-state index is 6.23. The molecule has 0 aromatic carbocycles. The Morgan fingerprint density at radius 1 is 1.26 bits per heavy atom. The van der Waals surface area contributed by atoms with Gasteiger partial charge in [0.25, 0.3) is 0 Å². The average Bonchev–Trinajstić information content (AvgIpc) is 2.71. The summed E-state index contributed by atoms with van der Waals surface area (Å²) < 4.78 is 23.4. The molecule has 0 radical (unpaired) electrons. The SMILES string of the molecule is CN=CC(B1OC(C)(C)C(C)(C)O1)=C(N)COC1CCCCO1. The molecule has 2 heterocycles. The maximum atomic E-state index is 6.23. The van der Waals surface area contributed by atoms with E-state index in [9.17, 15) is 0 Å². The van der Waals surface area contributed by atoms with E-state index in [0.717, 1.165) is 25.9 Å². The lowest BCUT2D eigenvalue weighted by Crippen LogP contribution is -2.41. The molecule has 7 heteroatoms. The fourth-order valence-electron chi connectivity index (χ4n) is 2.51.